The maximum absolute atomic E-state index is 13.4. The highest BCUT2D eigenvalue weighted by molar-refractivity contribution is 7.89. The summed E-state index contributed by atoms with van der Waals surface area (Å²) in [6.07, 6.45) is 3.12. The standard InChI is InChI=1S/C12H16FN3O3S/c13-10-4-1-6-14-12(10)20(18,19)15-7-3-9-16-8-2-5-11(16)17/h1,4,6,15H,2-3,5,7-9H2. The molecule has 1 N–H and O–H groups in total. The van der Waals surface area contributed by atoms with Gasteiger partial charge in [0.2, 0.25) is 10.9 Å². The monoisotopic (exact) mass is 301 g/mol. The fourth-order valence-corrected chi connectivity index (χ4v) is 3.13. The third-order valence-electron chi connectivity index (χ3n) is 3.05. The van der Waals surface area contributed by atoms with Crippen molar-refractivity contribution in [2.45, 2.75) is 24.3 Å². The number of sulfonamides is 1. The van der Waals surface area contributed by atoms with Crippen LogP contribution in [0.5, 0.6) is 0 Å². The summed E-state index contributed by atoms with van der Waals surface area (Å²) >= 11 is 0. The molecule has 0 unspecified atom stereocenters. The second kappa shape index (κ2) is 6.27. The van der Waals surface area contributed by atoms with E-state index in [9.17, 15) is 17.6 Å². The largest absolute Gasteiger partial charge is 0.343 e. The molecular weight excluding hydrogens is 285 g/mol. The number of carbonyl (C=O) groups excluding carboxylic acids is 1. The lowest BCUT2D eigenvalue weighted by Gasteiger charge is -2.15. The van der Waals surface area contributed by atoms with Crippen molar-refractivity contribution in [1.29, 1.82) is 0 Å². The molecule has 0 aromatic carbocycles. The molecule has 1 amide bonds. The van der Waals surface area contributed by atoms with Crippen LogP contribution in [0.1, 0.15) is 19.3 Å². The van der Waals surface area contributed by atoms with E-state index < -0.39 is 20.9 Å². The predicted octanol–water partition coefficient (Wildman–Crippen LogP) is 0.512. The molecule has 1 aromatic rings. The molecule has 6 nitrogen and oxygen atoms in total. The van der Waals surface area contributed by atoms with Gasteiger partial charge < -0.3 is 4.90 Å². The van der Waals surface area contributed by atoms with Crippen LogP contribution in [-0.4, -0.2) is 43.8 Å². The highest BCUT2D eigenvalue weighted by atomic mass is 32.2. The zero-order chi connectivity index (χ0) is 14.6. The van der Waals surface area contributed by atoms with Crippen molar-refractivity contribution in [3.63, 3.8) is 0 Å². The number of carbonyl (C=O) groups is 1. The maximum Gasteiger partial charge on any atom is 0.261 e. The van der Waals surface area contributed by atoms with Crippen LogP contribution in [0.2, 0.25) is 0 Å². The Labute approximate surface area is 117 Å². The van der Waals surface area contributed by atoms with Gasteiger partial charge in [0.25, 0.3) is 10.0 Å². The Kier molecular flexibility index (Phi) is 4.66. The molecule has 2 heterocycles. The molecule has 1 fully saturated rings. The van der Waals surface area contributed by atoms with Gasteiger partial charge >= 0.3 is 0 Å². The Bertz CT molecular complexity index is 591. The first-order valence-electron chi connectivity index (χ1n) is 6.39. The number of amides is 1. The topological polar surface area (TPSA) is 79.4 Å². The van der Waals surface area contributed by atoms with Crippen LogP contribution < -0.4 is 4.72 Å². The predicted molar refractivity (Wildman–Crippen MR) is 69.8 cm³/mol. The molecule has 8 heteroatoms. The molecule has 0 atom stereocenters. The van der Waals surface area contributed by atoms with Crippen LogP contribution in [-0.2, 0) is 14.8 Å². The third kappa shape index (κ3) is 3.51. The minimum atomic E-state index is -3.94. The van der Waals surface area contributed by atoms with E-state index >= 15 is 0 Å². The average Bonchev–Trinajstić information content (AvgIpc) is 2.81. The van der Waals surface area contributed by atoms with Crippen LogP contribution in [0, 0.1) is 5.82 Å². The molecule has 1 aromatic heterocycles. The molecule has 1 aliphatic heterocycles. The Morgan fingerprint density at radius 1 is 1.45 bits per heavy atom. The summed E-state index contributed by atoms with van der Waals surface area (Å²) in [4.78, 5) is 16.6. The summed E-state index contributed by atoms with van der Waals surface area (Å²) < 4.78 is 39.3. The molecule has 1 aliphatic rings. The summed E-state index contributed by atoms with van der Waals surface area (Å²) in [6, 6.07) is 2.37. The number of hydrogen-bond acceptors (Lipinski definition) is 4. The van der Waals surface area contributed by atoms with E-state index in [1.54, 1.807) is 4.90 Å². The van der Waals surface area contributed by atoms with E-state index in [4.69, 9.17) is 0 Å². The number of halogens is 1. The molecule has 0 saturated carbocycles. The summed E-state index contributed by atoms with van der Waals surface area (Å²) in [5, 5.41) is -0.600. The number of rotatable bonds is 6. The van der Waals surface area contributed by atoms with Crippen molar-refractivity contribution in [3.05, 3.63) is 24.1 Å². The van der Waals surface area contributed by atoms with Gasteiger partial charge in [-0.2, -0.15) is 0 Å². The second-order valence-electron chi connectivity index (χ2n) is 4.53. The lowest BCUT2D eigenvalue weighted by atomic mass is 10.4. The lowest BCUT2D eigenvalue weighted by Crippen LogP contribution is -2.31. The van der Waals surface area contributed by atoms with E-state index in [1.807, 2.05) is 0 Å². The molecule has 2 rings (SSSR count). The minimum absolute atomic E-state index is 0.101. The van der Waals surface area contributed by atoms with Crippen LogP contribution in [0.4, 0.5) is 4.39 Å². The van der Waals surface area contributed by atoms with Gasteiger partial charge in [0.15, 0.2) is 5.82 Å². The summed E-state index contributed by atoms with van der Waals surface area (Å²) in [7, 11) is -3.94. The highest BCUT2D eigenvalue weighted by Crippen LogP contribution is 2.11. The smallest absolute Gasteiger partial charge is 0.261 e. The van der Waals surface area contributed by atoms with Gasteiger partial charge in [-0.15, -0.1) is 0 Å². The zero-order valence-corrected chi connectivity index (χ0v) is 11.7. The number of nitrogens with one attached hydrogen (secondary N) is 1. The number of nitrogens with zero attached hydrogens (tertiary/aromatic N) is 2. The van der Waals surface area contributed by atoms with Gasteiger partial charge in [-0.1, -0.05) is 0 Å². The maximum atomic E-state index is 13.4. The van der Waals surface area contributed by atoms with Gasteiger partial charge in [-0.05, 0) is 25.0 Å². The van der Waals surface area contributed by atoms with E-state index in [1.165, 1.54) is 12.3 Å². The van der Waals surface area contributed by atoms with Gasteiger partial charge in [0.1, 0.15) is 0 Å². The third-order valence-corrected chi connectivity index (χ3v) is 4.44. The van der Waals surface area contributed by atoms with Crippen molar-refractivity contribution >= 4 is 15.9 Å². The van der Waals surface area contributed by atoms with Crippen molar-refractivity contribution < 1.29 is 17.6 Å². The van der Waals surface area contributed by atoms with E-state index in [0.29, 0.717) is 19.4 Å². The summed E-state index contributed by atoms with van der Waals surface area (Å²) in [5.74, 6) is -0.779. The van der Waals surface area contributed by atoms with E-state index in [0.717, 1.165) is 19.0 Å². The average molecular weight is 301 g/mol. The Morgan fingerprint density at radius 3 is 2.90 bits per heavy atom. The van der Waals surface area contributed by atoms with Crippen LogP contribution in [0.3, 0.4) is 0 Å². The van der Waals surface area contributed by atoms with Gasteiger partial charge in [-0.3, -0.25) is 4.79 Å². The first kappa shape index (κ1) is 14.9. The molecule has 0 bridgehead atoms. The van der Waals surface area contributed by atoms with Crippen LogP contribution in [0.15, 0.2) is 23.4 Å². The number of pyridine rings is 1. The molecule has 1 saturated heterocycles. The Balaban J connectivity index is 1.84. The molecule has 0 spiro atoms. The zero-order valence-electron chi connectivity index (χ0n) is 10.9. The van der Waals surface area contributed by atoms with Crippen LogP contribution >= 0.6 is 0 Å². The second-order valence-corrected chi connectivity index (χ2v) is 6.21. The van der Waals surface area contributed by atoms with Crippen LogP contribution in [0.25, 0.3) is 0 Å². The SMILES string of the molecule is O=C1CCCN1CCCNS(=O)(=O)c1ncccc1F. The number of hydrogen-bond donors (Lipinski definition) is 1. The number of aromatic nitrogens is 1. The fourth-order valence-electron chi connectivity index (χ4n) is 2.05. The van der Waals surface area contributed by atoms with Crippen molar-refractivity contribution in [2.75, 3.05) is 19.6 Å². The first-order chi connectivity index (χ1) is 9.50. The molecule has 0 radical (unpaired) electrons. The van der Waals surface area contributed by atoms with Crippen molar-refractivity contribution in [2.24, 2.45) is 0 Å². The summed E-state index contributed by atoms with van der Waals surface area (Å²) in [5.41, 5.74) is 0. The highest BCUT2D eigenvalue weighted by Gasteiger charge is 2.21. The normalized spacial score (nSPS) is 15.8. The lowest BCUT2D eigenvalue weighted by molar-refractivity contribution is -0.127. The van der Waals surface area contributed by atoms with Crippen molar-refractivity contribution in [3.8, 4) is 0 Å². The van der Waals surface area contributed by atoms with Crippen molar-refractivity contribution in [1.82, 2.24) is 14.6 Å². The van der Waals surface area contributed by atoms with Gasteiger partial charge in [0, 0.05) is 32.3 Å². The molecule has 0 aliphatic carbocycles. The molecule has 110 valence electrons. The number of likely N-dealkylation sites (tertiary alicyclic amines) is 1. The Hall–Kier alpha value is -1.54. The van der Waals surface area contributed by atoms with E-state index in [2.05, 4.69) is 9.71 Å². The van der Waals surface area contributed by atoms with Gasteiger partial charge in [0.05, 0.1) is 0 Å². The first-order valence-corrected chi connectivity index (χ1v) is 7.87. The molecule has 20 heavy (non-hydrogen) atoms. The van der Waals surface area contributed by atoms with E-state index in [-0.39, 0.29) is 12.5 Å². The molecular formula is C12H16FN3O3S. The van der Waals surface area contributed by atoms with Gasteiger partial charge in [-0.25, -0.2) is 22.5 Å². The quantitative estimate of drug-likeness (QED) is 0.777. The minimum Gasteiger partial charge on any atom is -0.343 e. The Morgan fingerprint density at radius 2 is 2.25 bits per heavy atom. The summed E-state index contributed by atoms with van der Waals surface area (Å²) in [6.45, 7) is 1.37. The fraction of sp³-hybridized carbons (Fsp3) is 0.500.